The van der Waals surface area contributed by atoms with E-state index in [0.717, 1.165) is 26.0 Å². The maximum absolute atomic E-state index is 5.47. The van der Waals surface area contributed by atoms with Crippen molar-refractivity contribution in [3.63, 3.8) is 0 Å². The summed E-state index contributed by atoms with van der Waals surface area (Å²) in [6, 6.07) is 8.02. The Morgan fingerprint density at radius 2 is 1.47 bits per heavy atom. The molecular formula is C12H16N2O. The first kappa shape index (κ1) is 9.90. The molecule has 0 fully saturated rings. The van der Waals surface area contributed by atoms with Gasteiger partial charge in [-0.1, -0.05) is 0 Å². The highest BCUT2D eigenvalue weighted by Gasteiger charge is 1.92. The molecule has 0 spiro atoms. The van der Waals surface area contributed by atoms with Crippen molar-refractivity contribution in [3.05, 3.63) is 49.1 Å². The lowest BCUT2D eigenvalue weighted by atomic mass is 10.3. The minimum atomic E-state index is 0.774. The van der Waals surface area contributed by atoms with Crippen LogP contribution in [0.15, 0.2) is 49.1 Å². The molecule has 2 aromatic rings. The lowest BCUT2D eigenvalue weighted by Crippen LogP contribution is -2.10. The molecule has 0 bridgehead atoms. The molecule has 15 heavy (non-hydrogen) atoms. The summed E-state index contributed by atoms with van der Waals surface area (Å²) in [7, 11) is 0. The van der Waals surface area contributed by atoms with Gasteiger partial charge in [0.2, 0.25) is 0 Å². The van der Waals surface area contributed by atoms with E-state index in [2.05, 4.69) is 29.1 Å². The molecule has 0 atom stereocenters. The van der Waals surface area contributed by atoms with Crippen LogP contribution in [-0.4, -0.2) is 15.9 Å². The SMILES string of the molecule is c1ccn(CCCCOn2cccc2)c1. The Labute approximate surface area is 89.9 Å². The summed E-state index contributed by atoms with van der Waals surface area (Å²) in [5.41, 5.74) is 0. The molecule has 3 nitrogen and oxygen atoms in total. The smallest absolute Gasteiger partial charge is 0.115 e. The standard InChI is InChI=1S/C12H16N2O/c1-2-8-13(7-1)9-5-6-12-15-14-10-3-4-11-14/h1-4,7-8,10-11H,5-6,9,12H2. The van der Waals surface area contributed by atoms with Gasteiger partial charge in [-0.3, -0.25) is 0 Å². The van der Waals surface area contributed by atoms with Crippen molar-refractivity contribution in [1.29, 1.82) is 0 Å². The van der Waals surface area contributed by atoms with Gasteiger partial charge >= 0.3 is 0 Å². The van der Waals surface area contributed by atoms with E-state index in [9.17, 15) is 0 Å². The molecule has 2 aromatic heterocycles. The van der Waals surface area contributed by atoms with Crippen LogP contribution in [0.1, 0.15) is 12.8 Å². The monoisotopic (exact) mass is 204 g/mol. The zero-order chi connectivity index (χ0) is 10.3. The van der Waals surface area contributed by atoms with Crippen molar-refractivity contribution in [2.45, 2.75) is 19.4 Å². The second-order valence-electron chi connectivity index (χ2n) is 3.50. The van der Waals surface area contributed by atoms with Crippen LogP contribution in [0.4, 0.5) is 0 Å². The first-order chi connectivity index (χ1) is 7.45. The van der Waals surface area contributed by atoms with Crippen molar-refractivity contribution >= 4 is 0 Å². The molecule has 2 heterocycles. The van der Waals surface area contributed by atoms with Crippen LogP contribution in [0.5, 0.6) is 0 Å². The Bertz CT molecular complexity index is 315. The first-order valence-corrected chi connectivity index (χ1v) is 5.32. The van der Waals surface area contributed by atoms with E-state index < -0.39 is 0 Å². The molecule has 0 aliphatic heterocycles. The summed E-state index contributed by atoms with van der Waals surface area (Å²) in [6.07, 6.45) is 10.2. The van der Waals surface area contributed by atoms with E-state index in [-0.39, 0.29) is 0 Å². The summed E-state index contributed by atoms with van der Waals surface area (Å²) < 4.78 is 3.94. The van der Waals surface area contributed by atoms with E-state index in [1.807, 2.05) is 24.5 Å². The van der Waals surface area contributed by atoms with E-state index >= 15 is 0 Å². The van der Waals surface area contributed by atoms with Crippen molar-refractivity contribution in [2.75, 3.05) is 6.61 Å². The van der Waals surface area contributed by atoms with Crippen molar-refractivity contribution in [1.82, 2.24) is 9.30 Å². The number of nitrogens with zero attached hydrogens (tertiary/aromatic N) is 2. The topological polar surface area (TPSA) is 19.1 Å². The lowest BCUT2D eigenvalue weighted by Gasteiger charge is -2.06. The van der Waals surface area contributed by atoms with Gasteiger partial charge in [0.15, 0.2) is 0 Å². The number of aromatic nitrogens is 2. The Hall–Kier alpha value is -1.64. The fourth-order valence-corrected chi connectivity index (χ4v) is 1.49. The van der Waals surface area contributed by atoms with Gasteiger partial charge < -0.3 is 9.40 Å². The quantitative estimate of drug-likeness (QED) is 0.660. The van der Waals surface area contributed by atoms with Gasteiger partial charge in [-0.2, -0.15) is 4.73 Å². The average molecular weight is 204 g/mol. The third kappa shape index (κ3) is 3.20. The van der Waals surface area contributed by atoms with Crippen LogP contribution in [0, 0.1) is 0 Å². The normalized spacial score (nSPS) is 10.4. The number of hydrogen-bond acceptors (Lipinski definition) is 1. The number of aryl methyl sites for hydroxylation is 1. The largest absolute Gasteiger partial charge is 0.414 e. The summed E-state index contributed by atoms with van der Waals surface area (Å²) in [6.45, 7) is 1.85. The predicted molar refractivity (Wildman–Crippen MR) is 59.5 cm³/mol. The summed E-state index contributed by atoms with van der Waals surface area (Å²) in [4.78, 5) is 5.47. The van der Waals surface area contributed by atoms with Crippen molar-refractivity contribution < 1.29 is 4.84 Å². The Balaban J connectivity index is 1.56. The number of unbranched alkanes of at least 4 members (excludes halogenated alkanes) is 1. The lowest BCUT2D eigenvalue weighted by molar-refractivity contribution is 0.107. The van der Waals surface area contributed by atoms with Crippen LogP contribution >= 0.6 is 0 Å². The maximum Gasteiger partial charge on any atom is 0.115 e. The van der Waals surface area contributed by atoms with Gasteiger partial charge in [0.1, 0.15) is 6.61 Å². The molecule has 2 rings (SSSR count). The van der Waals surface area contributed by atoms with Gasteiger partial charge in [-0.25, -0.2) is 0 Å². The van der Waals surface area contributed by atoms with Crippen LogP contribution in [0.2, 0.25) is 0 Å². The zero-order valence-corrected chi connectivity index (χ0v) is 8.75. The minimum Gasteiger partial charge on any atom is -0.414 e. The molecule has 0 saturated heterocycles. The molecule has 0 aliphatic rings. The van der Waals surface area contributed by atoms with Gasteiger partial charge in [-0.05, 0) is 37.1 Å². The number of hydrogen-bond donors (Lipinski definition) is 0. The number of rotatable bonds is 6. The third-order valence-corrected chi connectivity index (χ3v) is 2.29. The molecule has 0 unspecified atom stereocenters. The van der Waals surface area contributed by atoms with E-state index in [4.69, 9.17) is 4.84 Å². The predicted octanol–water partition coefficient (Wildman–Crippen LogP) is 2.20. The Kier molecular flexibility index (Phi) is 3.49. The minimum absolute atomic E-state index is 0.774. The summed E-state index contributed by atoms with van der Waals surface area (Å²) in [5, 5.41) is 0. The zero-order valence-electron chi connectivity index (χ0n) is 8.75. The van der Waals surface area contributed by atoms with Crippen LogP contribution < -0.4 is 4.84 Å². The highest BCUT2D eigenvalue weighted by molar-refractivity contribution is 4.90. The molecule has 0 aromatic carbocycles. The molecule has 0 amide bonds. The van der Waals surface area contributed by atoms with Crippen LogP contribution in [-0.2, 0) is 6.54 Å². The molecule has 0 N–H and O–H groups in total. The van der Waals surface area contributed by atoms with Crippen LogP contribution in [0.25, 0.3) is 0 Å². The third-order valence-electron chi connectivity index (χ3n) is 2.29. The molecule has 80 valence electrons. The van der Waals surface area contributed by atoms with E-state index in [1.54, 1.807) is 4.73 Å². The van der Waals surface area contributed by atoms with Gasteiger partial charge in [0, 0.05) is 31.3 Å². The second kappa shape index (κ2) is 5.29. The molecular weight excluding hydrogens is 188 g/mol. The summed E-state index contributed by atoms with van der Waals surface area (Å²) in [5.74, 6) is 0. The molecule has 0 aliphatic carbocycles. The maximum atomic E-state index is 5.47. The molecule has 3 heteroatoms. The van der Waals surface area contributed by atoms with Crippen LogP contribution in [0.3, 0.4) is 0 Å². The average Bonchev–Trinajstić information content (AvgIpc) is 2.88. The highest BCUT2D eigenvalue weighted by Crippen LogP contribution is 1.96. The van der Waals surface area contributed by atoms with Crippen molar-refractivity contribution in [2.24, 2.45) is 0 Å². The second-order valence-corrected chi connectivity index (χ2v) is 3.50. The van der Waals surface area contributed by atoms with E-state index in [1.165, 1.54) is 0 Å². The fraction of sp³-hybridized carbons (Fsp3) is 0.333. The summed E-state index contributed by atoms with van der Waals surface area (Å²) >= 11 is 0. The molecule has 0 radical (unpaired) electrons. The van der Waals surface area contributed by atoms with Gasteiger partial charge in [-0.15, -0.1) is 0 Å². The first-order valence-electron chi connectivity index (χ1n) is 5.32. The van der Waals surface area contributed by atoms with E-state index in [0.29, 0.717) is 0 Å². The highest BCUT2D eigenvalue weighted by atomic mass is 16.7. The Morgan fingerprint density at radius 1 is 0.800 bits per heavy atom. The van der Waals surface area contributed by atoms with Gasteiger partial charge in [0.05, 0.1) is 0 Å². The van der Waals surface area contributed by atoms with Crippen molar-refractivity contribution in [3.8, 4) is 0 Å². The van der Waals surface area contributed by atoms with Gasteiger partial charge in [0.25, 0.3) is 0 Å². The molecule has 0 saturated carbocycles. The fourth-order valence-electron chi connectivity index (χ4n) is 1.49. The Morgan fingerprint density at radius 3 is 2.20 bits per heavy atom.